The summed E-state index contributed by atoms with van der Waals surface area (Å²) in [5.41, 5.74) is 3.87. The standard InChI is InChI=1S/C30H30N2O6/c1-21-27(31-29(37-21)24-8-4-3-5-9-24)10-6-7-22-11-13-23(14-12-22)19-32(20-28(33)34)30(35)38-26-17-15-25(36-2)16-18-26/h3-5,8-9,11-18H,6-7,10,19-20H2,1-2H3,(H,33,34). The maximum absolute atomic E-state index is 12.7. The number of aromatic nitrogens is 1. The van der Waals surface area contributed by atoms with Crippen molar-refractivity contribution in [3.63, 3.8) is 0 Å². The predicted octanol–water partition coefficient (Wildman–Crippen LogP) is 5.92. The number of carbonyl (C=O) groups excluding carboxylic acids is 1. The van der Waals surface area contributed by atoms with E-state index in [9.17, 15) is 14.7 Å². The first-order valence-corrected chi connectivity index (χ1v) is 12.3. The molecule has 38 heavy (non-hydrogen) atoms. The highest BCUT2D eigenvalue weighted by Crippen LogP contribution is 2.23. The summed E-state index contributed by atoms with van der Waals surface area (Å²) in [6.07, 6.45) is 1.82. The van der Waals surface area contributed by atoms with Gasteiger partial charge in [0.1, 0.15) is 23.8 Å². The summed E-state index contributed by atoms with van der Waals surface area (Å²) in [7, 11) is 1.54. The van der Waals surface area contributed by atoms with Crippen molar-refractivity contribution in [2.75, 3.05) is 13.7 Å². The van der Waals surface area contributed by atoms with E-state index in [1.807, 2.05) is 61.5 Å². The summed E-state index contributed by atoms with van der Waals surface area (Å²) >= 11 is 0. The fraction of sp³-hybridized carbons (Fsp3) is 0.233. The molecule has 1 heterocycles. The first-order chi connectivity index (χ1) is 18.4. The highest BCUT2D eigenvalue weighted by Gasteiger charge is 2.20. The molecule has 0 aliphatic heterocycles. The lowest BCUT2D eigenvalue weighted by Crippen LogP contribution is -2.37. The molecule has 1 aromatic heterocycles. The predicted molar refractivity (Wildman–Crippen MR) is 142 cm³/mol. The number of hydrogen-bond donors (Lipinski definition) is 1. The van der Waals surface area contributed by atoms with E-state index < -0.39 is 18.6 Å². The van der Waals surface area contributed by atoms with E-state index in [4.69, 9.17) is 13.9 Å². The Hall–Kier alpha value is -4.59. The monoisotopic (exact) mass is 514 g/mol. The molecule has 8 nitrogen and oxygen atoms in total. The van der Waals surface area contributed by atoms with E-state index in [1.165, 1.54) is 0 Å². The maximum atomic E-state index is 12.7. The zero-order chi connectivity index (χ0) is 26.9. The number of methoxy groups -OCH3 is 1. The van der Waals surface area contributed by atoms with Crippen LogP contribution in [0.15, 0.2) is 83.3 Å². The number of hydrogen-bond acceptors (Lipinski definition) is 6. The van der Waals surface area contributed by atoms with Gasteiger partial charge in [-0.3, -0.25) is 9.69 Å². The number of aryl methyl sites for hydroxylation is 3. The number of aliphatic carboxylic acids is 1. The molecule has 3 aromatic carbocycles. The number of carboxylic acid groups (broad SMARTS) is 1. The normalized spacial score (nSPS) is 10.7. The fourth-order valence-electron chi connectivity index (χ4n) is 4.01. The van der Waals surface area contributed by atoms with Gasteiger partial charge in [0.25, 0.3) is 0 Å². The smallest absolute Gasteiger partial charge is 0.416 e. The van der Waals surface area contributed by atoms with E-state index in [1.54, 1.807) is 31.4 Å². The third-order valence-electron chi connectivity index (χ3n) is 6.04. The molecule has 4 rings (SSSR count). The van der Waals surface area contributed by atoms with Gasteiger partial charge < -0.3 is 19.0 Å². The van der Waals surface area contributed by atoms with Crippen LogP contribution in [0.25, 0.3) is 11.5 Å². The van der Waals surface area contributed by atoms with Crippen LogP contribution >= 0.6 is 0 Å². The molecule has 0 spiro atoms. The van der Waals surface area contributed by atoms with Gasteiger partial charge in [-0.05, 0) is 73.7 Å². The molecule has 0 bridgehead atoms. The summed E-state index contributed by atoms with van der Waals surface area (Å²) in [5.74, 6) is 1.28. The first-order valence-electron chi connectivity index (χ1n) is 12.3. The molecular weight excluding hydrogens is 484 g/mol. The fourth-order valence-corrected chi connectivity index (χ4v) is 4.01. The number of benzene rings is 3. The topological polar surface area (TPSA) is 102 Å². The molecule has 0 atom stereocenters. The molecule has 0 radical (unpaired) electrons. The van der Waals surface area contributed by atoms with Crippen molar-refractivity contribution < 1.29 is 28.6 Å². The highest BCUT2D eigenvalue weighted by atomic mass is 16.6. The zero-order valence-electron chi connectivity index (χ0n) is 21.4. The van der Waals surface area contributed by atoms with Crippen LogP contribution in [0.5, 0.6) is 11.5 Å². The van der Waals surface area contributed by atoms with Crippen LogP contribution in [0.2, 0.25) is 0 Å². The number of rotatable bonds is 11. The van der Waals surface area contributed by atoms with Crippen molar-refractivity contribution in [3.8, 4) is 23.0 Å². The molecule has 0 aliphatic carbocycles. The summed E-state index contributed by atoms with van der Waals surface area (Å²) < 4.78 is 16.3. The number of carboxylic acids is 1. The van der Waals surface area contributed by atoms with Crippen LogP contribution in [0.1, 0.15) is 29.0 Å². The number of amides is 1. The van der Waals surface area contributed by atoms with Gasteiger partial charge >= 0.3 is 12.1 Å². The quantitative estimate of drug-likeness (QED) is 0.265. The van der Waals surface area contributed by atoms with Crippen LogP contribution in [0, 0.1) is 6.92 Å². The van der Waals surface area contributed by atoms with Crippen molar-refractivity contribution in [2.24, 2.45) is 0 Å². The number of oxazole rings is 1. The average molecular weight is 515 g/mol. The maximum Gasteiger partial charge on any atom is 0.416 e. The minimum atomic E-state index is -1.12. The zero-order valence-corrected chi connectivity index (χ0v) is 21.4. The molecule has 0 unspecified atom stereocenters. The minimum absolute atomic E-state index is 0.113. The van der Waals surface area contributed by atoms with E-state index in [0.29, 0.717) is 17.4 Å². The number of carbonyl (C=O) groups is 2. The molecule has 8 heteroatoms. The summed E-state index contributed by atoms with van der Waals surface area (Å²) in [4.78, 5) is 29.8. The third kappa shape index (κ3) is 7.22. The van der Waals surface area contributed by atoms with Crippen LogP contribution in [0.3, 0.4) is 0 Å². The average Bonchev–Trinajstić information content (AvgIpc) is 3.30. The lowest BCUT2D eigenvalue weighted by molar-refractivity contribution is -0.138. The van der Waals surface area contributed by atoms with Crippen LogP contribution < -0.4 is 9.47 Å². The Morgan fingerprint density at radius 1 is 0.895 bits per heavy atom. The van der Waals surface area contributed by atoms with Gasteiger partial charge in [0.15, 0.2) is 0 Å². The Morgan fingerprint density at radius 2 is 1.55 bits per heavy atom. The molecule has 0 fully saturated rings. The van der Waals surface area contributed by atoms with E-state index in [-0.39, 0.29) is 6.54 Å². The molecule has 0 saturated heterocycles. The van der Waals surface area contributed by atoms with Crippen molar-refractivity contribution in [3.05, 3.63) is 101 Å². The second-order valence-corrected chi connectivity index (χ2v) is 8.85. The van der Waals surface area contributed by atoms with Gasteiger partial charge in [0, 0.05) is 12.1 Å². The molecule has 0 saturated carbocycles. The van der Waals surface area contributed by atoms with Crippen molar-refractivity contribution in [1.82, 2.24) is 9.88 Å². The van der Waals surface area contributed by atoms with Gasteiger partial charge in [-0.1, -0.05) is 42.5 Å². The Morgan fingerprint density at radius 3 is 2.21 bits per heavy atom. The van der Waals surface area contributed by atoms with E-state index >= 15 is 0 Å². The van der Waals surface area contributed by atoms with Crippen molar-refractivity contribution in [2.45, 2.75) is 32.7 Å². The second-order valence-electron chi connectivity index (χ2n) is 8.85. The summed E-state index contributed by atoms with van der Waals surface area (Å²) in [6, 6.07) is 24.1. The molecule has 1 N–H and O–H groups in total. The van der Waals surface area contributed by atoms with Gasteiger partial charge in [0.05, 0.1) is 12.8 Å². The third-order valence-corrected chi connectivity index (χ3v) is 6.04. The largest absolute Gasteiger partial charge is 0.497 e. The number of ether oxygens (including phenoxy) is 2. The van der Waals surface area contributed by atoms with E-state index in [0.717, 1.165) is 52.3 Å². The highest BCUT2D eigenvalue weighted by molar-refractivity contribution is 5.78. The second kappa shape index (κ2) is 12.6. The van der Waals surface area contributed by atoms with Gasteiger partial charge in [-0.15, -0.1) is 0 Å². The van der Waals surface area contributed by atoms with Gasteiger partial charge in [-0.2, -0.15) is 0 Å². The Labute approximate surface area is 221 Å². The molecule has 196 valence electrons. The molecule has 0 aliphatic rings. The molecule has 4 aromatic rings. The Balaban J connectivity index is 1.32. The molecule has 1 amide bonds. The van der Waals surface area contributed by atoms with Crippen LogP contribution in [-0.2, 0) is 24.2 Å². The SMILES string of the molecule is COc1ccc(OC(=O)N(CC(=O)O)Cc2ccc(CCCc3nc(-c4ccccc4)oc3C)cc2)cc1. The van der Waals surface area contributed by atoms with E-state index in [2.05, 4.69) is 4.98 Å². The lowest BCUT2D eigenvalue weighted by atomic mass is 10.0. The Bertz CT molecular complexity index is 1350. The Kier molecular flexibility index (Phi) is 8.77. The lowest BCUT2D eigenvalue weighted by Gasteiger charge is -2.20. The van der Waals surface area contributed by atoms with Gasteiger partial charge in [0.2, 0.25) is 5.89 Å². The van der Waals surface area contributed by atoms with Gasteiger partial charge in [-0.25, -0.2) is 9.78 Å². The van der Waals surface area contributed by atoms with Crippen molar-refractivity contribution >= 4 is 12.1 Å². The number of nitrogens with zero attached hydrogens (tertiary/aromatic N) is 2. The van der Waals surface area contributed by atoms with Crippen LogP contribution in [0.4, 0.5) is 4.79 Å². The first kappa shape index (κ1) is 26.5. The van der Waals surface area contributed by atoms with Crippen molar-refractivity contribution in [1.29, 1.82) is 0 Å². The summed E-state index contributed by atoms with van der Waals surface area (Å²) in [5, 5.41) is 9.29. The minimum Gasteiger partial charge on any atom is -0.497 e. The molecular formula is C30H30N2O6. The van der Waals surface area contributed by atoms with Crippen LogP contribution in [-0.4, -0.2) is 40.7 Å². The summed E-state index contributed by atoms with van der Waals surface area (Å²) in [6.45, 7) is 1.58.